The number of hydrogen-bond acceptors (Lipinski definition) is 2. The van der Waals surface area contributed by atoms with Gasteiger partial charge in [0.2, 0.25) is 0 Å². The van der Waals surface area contributed by atoms with Gasteiger partial charge in [-0.1, -0.05) is 6.08 Å². The Kier molecular flexibility index (Phi) is 1.91. The molecule has 15 heavy (non-hydrogen) atoms. The molecule has 0 unspecified atom stereocenters. The molecule has 3 rings (SSSR count). The number of allylic oxidation sites excluding steroid dienone is 3. The molecule has 1 fully saturated rings. The van der Waals surface area contributed by atoms with Crippen LogP contribution in [-0.4, -0.2) is 17.4 Å². The number of nitrogens with zero attached hydrogens (tertiary/aromatic N) is 1. The molecule has 0 radical (unpaired) electrons. The summed E-state index contributed by atoms with van der Waals surface area (Å²) in [6.45, 7) is 0.842. The van der Waals surface area contributed by atoms with Crippen LogP contribution in [0.15, 0.2) is 35.4 Å². The molecule has 1 amide bonds. The first-order valence-corrected chi connectivity index (χ1v) is 5.43. The molecule has 1 saturated heterocycles. The lowest BCUT2D eigenvalue weighted by molar-refractivity contribution is -0.124. The maximum atomic E-state index is 12.2. The first kappa shape index (κ1) is 8.77. The van der Waals surface area contributed by atoms with Gasteiger partial charge in [-0.2, -0.15) is 0 Å². The van der Waals surface area contributed by atoms with Crippen LogP contribution in [0.25, 0.3) is 0 Å². The maximum Gasteiger partial charge on any atom is 0.257 e. The molecule has 2 aliphatic heterocycles. The van der Waals surface area contributed by atoms with Crippen LogP contribution in [0.4, 0.5) is 0 Å². The van der Waals surface area contributed by atoms with E-state index in [1.807, 2.05) is 11.0 Å². The van der Waals surface area contributed by atoms with Crippen molar-refractivity contribution >= 4 is 5.91 Å². The van der Waals surface area contributed by atoms with Crippen molar-refractivity contribution in [3.05, 3.63) is 35.4 Å². The minimum absolute atomic E-state index is 0.149. The molecular formula is C12H13NO2. The zero-order valence-corrected chi connectivity index (χ0v) is 8.53. The third-order valence-corrected chi connectivity index (χ3v) is 3.11. The van der Waals surface area contributed by atoms with E-state index < -0.39 is 0 Å². The SMILES string of the molecule is O=C1C2=C(C=CCC2)OC=C2CCCN12. The Labute approximate surface area is 88.7 Å². The van der Waals surface area contributed by atoms with E-state index in [2.05, 4.69) is 6.08 Å². The van der Waals surface area contributed by atoms with E-state index in [1.54, 1.807) is 6.26 Å². The van der Waals surface area contributed by atoms with Crippen LogP contribution < -0.4 is 0 Å². The van der Waals surface area contributed by atoms with Crippen LogP contribution in [0.1, 0.15) is 25.7 Å². The van der Waals surface area contributed by atoms with Crippen LogP contribution in [0.2, 0.25) is 0 Å². The molecule has 3 nitrogen and oxygen atoms in total. The predicted molar refractivity (Wildman–Crippen MR) is 55.5 cm³/mol. The Hall–Kier alpha value is -1.51. The van der Waals surface area contributed by atoms with Gasteiger partial charge in [-0.3, -0.25) is 4.79 Å². The molecule has 0 saturated carbocycles. The second-order valence-corrected chi connectivity index (χ2v) is 4.07. The summed E-state index contributed by atoms with van der Waals surface area (Å²) >= 11 is 0. The van der Waals surface area contributed by atoms with E-state index >= 15 is 0 Å². The topological polar surface area (TPSA) is 29.5 Å². The van der Waals surface area contributed by atoms with E-state index in [1.165, 1.54) is 0 Å². The highest BCUT2D eigenvalue weighted by Crippen LogP contribution is 2.31. The van der Waals surface area contributed by atoms with Crippen molar-refractivity contribution in [2.45, 2.75) is 25.7 Å². The van der Waals surface area contributed by atoms with Gasteiger partial charge >= 0.3 is 0 Å². The fourth-order valence-electron chi connectivity index (χ4n) is 2.31. The summed E-state index contributed by atoms with van der Waals surface area (Å²) in [6.07, 6.45) is 9.47. The van der Waals surface area contributed by atoms with Gasteiger partial charge in [-0.25, -0.2) is 0 Å². The Bertz CT molecular complexity index is 404. The van der Waals surface area contributed by atoms with Gasteiger partial charge in [0.25, 0.3) is 5.91 Å². The molecule has 78 valence electrons. The van der Waals surface area contributed by atoms with E-state index in [-0.39, 0.29) is 5.91 Å². The van der Waals surface area contributed by atoms with Gasteiger partial charge in [-0.05, 0) is 31.8 Å². The van der Waals surface area contributed by atoms with Gasteiger partial charge in [0, 0.05) is 6.54 Å². The molecule has 0 N–H and O–H groups in total. The lowest BCUT2D eigenvalue weighted by Gasteiger charge is -2.17. The van der Waals surface area contributed by atoms with Crippen molar-refractivity contribution in [3.63, 3.8) is 0 Å². The van der Waals surface area contributed by atoms with Crippen LogP contribution in [0.3, 0.4) is 0 Å². The Morgan fingerprint density at radius 2 is 2.27 bits per heavy atom. The molecule has 3 aliphatic rings. The first-order valence-electron chi connectivity index (χ1n) is 5.43. The second kappa shape index (κ2) is 3.26. The highest BCUT2D eigenvalue weighted by atomic mass is 16.5. The molecule has 0 bridgehead atoms. The fraction of sp³-hybridized carbons (Fsp3) is 0.417. The summed E-state index contributed by atoms with van der Waals surface area (Å²) in [7, 11) is 0. The number of hydrogen-bond donors (Lipinski definition) is 0. The standard InChI is InChI=1S/C12H13NO2/c14-12-10-5-1-2-6-11(10)15-8-9-4-3-7-13(9)12/h2,6,8H,1,3-5,7H2. The van der Waals surface area contributed by atoms with Crippen molar-refractivity contribution in [1.29, 1.82) is 0 Å². The highest BCUT2D eigenvalue weighted by molar-refractivity contribution is 5.96. The molecule has 0 aromatic heterocycles. The number of amides is 1. The van der Waals surface area contributed by atoms with E-state index in [4.69, 9.17) is 4.74 Å². The molecule has 0 aromatic rings. The first-order chi connectivity index (χ1) is 7.36. The molecule has 2 heterocycles. The fourth-order valence-corrected chi connectivity index (χ4v) is 2.31. The zero-order chi connectivity index (χ0) is 10.3. The minimum Gasteiger partial charge on any atom is -0.463 e. The van der Waals surface area contributed by atoms with E-state index in [9.17, 15) is 4.79 Å². The summed E-state index contributed by atoms with van der Waals surface area (Å²) in [6, 6.07) is 0. The Balaban J connectivity index is 2.02. The van der Waals surface area contributed by atoms with Crippen molar-refractivity contribution in [3.8, 4) is 0 Å². The molecule has 0 aromatic carbocycles. The van der Waals surface area contributed by atoms with Gasteiger partial charge < -0.3 is 9.64 Å². The molecule has 1 aliphatic carbocycles. The van der Waals surface area contributed by atoms with Crippen LogP contribution in [-0.2, 0) is 9.53 Å². The summed E-state index contributed by atoms with van der Waals surface area (Å²) < 4.78 is 5.56. The Morgan fingerprint density at radius 3 is 3.20 bits per heavy atom. The van der Waals surface area contributed by atoms with Crippen LogP contribution in [0.5, 0.6) is 0 Å². The molecule has 0 spiro atoms. The average molecular weight is 203 g/mol. The number of rotatable bonds is 0. The van der Waals surface area contributed by atoms with Crippen molar-refractivity contribution in [1.82, 2.24) is 4.90 Å². The monoisotopic (exact) mass is 203 g/mol. The van der Waals surface area contributed by atoms with E-state index in [0.717, 1.165) is 49.3 Å². The van der Waals surface area contributed by atoms with Gasteiger partial charge in [0.15, 0.2) is 0 Å². The van der Waals surface area contributed by atoms with Crippen LogP contribution >= 0.6 is 0 Å². The highest BCUT2D eigenvalue weighted by Gasteiger charge is 2.30. The number of carbonyl (C=O) groups is 1. The largest absolute Gasteiger partial charge is 0.463 e. The third kappa shape index (κ3) is 1.30. The van der Waals surface area contributed by atoms with Crippen molar-refractivity contribution in [2.24, 2.45) is 0 Å². The number of ether oxygens (including phenoxy) is 1. The maximum absolute atomic E-state index is 12.2. The van der Waals surface area contributed by atoms with Crippen LogP contribution in [0, 0.1) is 0 Å². The van der Waals surface area contributed by atoms with Crippen molar-refractivity contribution in [2.75, 3.05) is 6.54 Å². The predicted octanol–water partition coefficient (Wildman–Crippen LogP) is 2.08. The summed E-state index contributed by atoms with van der Waals surface area (Å²) in [5, 5.41) is 0. The quantitative estimate of drug-likeness (QED) is 0.603. The van der Waals surface area contributed by atoms with E-state index in [0.29, 0.717) is 0 Å². The van der Waals surface area contributed by atoms with Gasteiger partial charge in [-0.15, -0.1) is 0 Å². The third-order valence-electron chi connectivity index (χ3n) is 3.11. The van der Waals surface area contributed by atoms with Crippen molar-refractivity contribution < 1.29 is 9.53 Å². The molecule has 0 atom stereocenters. The lowest BCUT2D eigenvalue weighted by Crippen LogP contribution is -2.27. The summed E-state index contributed by atoms with van der Waals surface area (Å²) in [5.41, 5.74) is 1.87. The summed E-state index contributed by atoms with van der Waals surface area (Å²) in [5.74, 6) is 0.892. The normalized spacial score (nSPS) is 24.4. The smallest absolute Gasteiger partial charge is 0.257 e. The second-order valence-electron chi connectivity index (χ2n) is 4.07. The average Bonchev–Trinajstić information content (AvgIpc) is 2.69. The number of carbonyl (C=O) groups excluding carboxylic acids is 1. The number of fused-ring (bicyclic) bond motifs is 1. The molecule has 3 heteroatoms. The Morgan fingerprint density at radius 1 is 1.33 bits per heavy atom. The zero-order valence-electron chi connectivity index (χ0n) is 8.53. The van der Waals surface area contributed by atoms with Gasteiger partial charge in [0.05, 0.1) is 11.3 Å². The minimum atomic E-state index is 0.149. The van der Waals surface area contributed by atoms with Gasteiger partial charge in [0.1, 0.15) is 12.0 Å². The summed E-state index contributed by atoms with van der Waals surface area (Å²) in [4.78, 5) is 14.0. The molecular weight excluding hydrogens is 190 g/mol. The lowest BCUT2D eigenvalue weighted by atomic mass is 10.0.